The van der Waals surface area contributed by atoms with Crippen molar-refractivity contribution in [2.45, 2.75) is 50.9 Å². The summed E-state index contributed by atoms with van der Waals surface area (Å²) in [6, 6.07) is 13.8. The van der Waals surface area contributed by atoms with Crippen LogP contribution in [0.3, 0.4) is 0 Å². The van der Waals surface area contributed by atoms with Crippen molar-refractivity contribution < 1.29 is 19.4 Å². The van der Waals surface area contributed by atoms with Crippen LogP contribution in [-0.4, -0.2) is 23.8 Å². The van der Waals surface area contributed by atoms with Crippen LogP contribution in [0.1, 0.15) is 65.9 Å². The minimum atomic E-state index is -0.622. The van der Waals surface area contributed by atoms with Crippen molar-refractivity contribution in [2.24, 2.45) is 11.8 Å². The molecule has 0 aromatic heterocycles. The predicted molar refractivity (Wildman–Crippen MR) is 112 cm³/mol. The minimum Gasteiger partial charge on any atom is -0.507 e. The fourth-order valence-corrected chi connectivity index (χ4v) is 5.03. The first-order valence-electron chi connectivity index (χ1n) is 10.7. The van der Waals surface area contributed by atoms with Gasteiger partial charge in [-0.25, -0.2) is 0 Å². The largest absolute Gasteiger partial charge is 0.507 e. The second-order valence-electron chi connectivity index (χ2n) is 8.28. The van der Waals surface area contributed by atoms with Gasteiger partial charge in [0.1, 0.15) is 17.8 Å². The zero-order valence-electron chi connectivity index (χ0n) is 16.7. The number of rotatable bonds is 7. The summed E-state index contributed by atoms with van der Waals surface area (Å²) >= 11 is 0. The summed E-state index contributed by atoms with van der Waals surface area (Å²) in [6.07, 6.45) is 7.75. The zero-order valence-corrected chi connectivity index (χ0v) is 16.7. The topological polar surface area (TPSA) is 63.6 Å². The molecule has 4 rings (SSSR count). The first-order valence-corrected chi connectivity index (χ1v) is 10.7. The average Bonchev–Trinajstić information content (AvgIpc) is 2.74. The van der Waals surface area contributed by atoms with Crippen molar-refractivity contribution in [3.05, 3.63) is 59.2 Å². The standard InChI is InChI=1S/C25H28O4/c26-16-22-20-12-5-4-11-19(20)21-14-18(15-23(27)24(21)25(22)28)29-13-7-6-10-17-8-2-1-3-9-17/h1-3,8-9,14-16,19-20,22,27H,4-7,10-13H2/t19-,20-,22?/m1/s1. The Hall–Kier alpha value is -2.62. The number of fused-ring (bicyclic) bond motifs is 3. The van der Waals surface area contributed by atoms with E-state index in [2.05, 4.69) is 24.3 Å². The molecule has 1 unspecified atom stereocenters. The van der Waals surface area contributed by atoms with E-state index in [1.54, 1.807) is 0 Å². The maximum atomic E-state index is 12.8. The SMILES string of the molecule is O=CC1C(=O)c2c(O)cc(OCCCCc3ccccc3)cc2[C@@H]2CCCC[C@@H]12. The molecular formula is C25H28O4. The lowest BCUT2D eigenvalue weighted by Crippen LogP contribution is -2.37. The van der Waals surface area contributed by atoms with E-state index in [0.717, 1.165) is 56.8 Å². The normalized spacial score (nSPS) is 23.2. The Balaban J connectivity index is 1.44. The number of hydrogen-bond acceptors (Lipinski definition) is 4. The Morgan fingerprint density at radius 3 is 2.66 bits per heavy atom. The molecule has 3 atom stereocenters. The van der Waals surface area contributed by atoms with Crippen LogP contribution in [0.2, 0.25) is 0 Å². The lowest BCUT2D eigenvalue weighted by atomic mass is 9.63. The summed E-state index contributed by atoms with van der Waals surface area (Å²) in [5, 5.41) is 10.5. The summed E-state index contributed by atoms with van der Waals surface area (Å²) in [4.78, 5) is 24.4. The van der Waals surface area contributed by atoms with E-state index in [1.165, 1.54) is 11.6 Å². The second-order valence-corrected chi connectivity index (χ2v) is 8.28. The molecule has 2 aliphatic carbocycles. The van der Waals surface area contributed by atoms with Gasteiger partial charge in [0.15, 0.2) is 5.78 Å². The van der Waals surface area contributed by atoms with E-state index in [9.17, 15) is 14.7 Å². The first-order chi connectivity index (χ1) is 14.2. The molecule has 0 aliphatic heterocycles. The minimum absolute atomic E-state index is 0.0531. The van der Waals surface area contributed by atoms with Gasteiger partial charge in [0.25, 0.3) is 0 Å². The highest BCUT2D eigenvalue weighted by molar-refractivity contribution is 6.09. The van der Waals surface area contributed by atoms with Crippen molar-refractivity contribution in [3.63, 3.8) is 0 Å². The van der Waals surface area contributed by atoms with E-state index in [-0.39, 0.29) is 23.4 Å². The molecule has 0 heterocycles. The lowest BCUT2D eigenvalue weighted by Gasteiger charge is -2.39. The Bertz CT molecular complexity index is 874. The Morgan fingerprint density at radius 2 is 1.86 bits per heavy atom. The smallest absolute Gasteiger partial charge is 0.177 e. The summed E-state index contributed by atoms with van der Waals surface area (Å²) in [7, 11) is 0. The molecule has 4 heteroatoms. The molecule has 0 radical (unpaired) electrons. The number of aryl methyl sites for hydroxylation is 1. The fraction of sp³-hybridized carbons (Fsp3) is 0.440. The number of ether oxygens (including phenoxy) is 1. The first kappa shape index (κ1) is 19.7. The van der Waals surface area contributed by atoms with Gasteiger partial charge in [0.05, 0.1) is 18.1 Å². The number of phenols is 1. The van der Waals surface area contributed by atoms with Crippen molar-refractivity contribution in [1.29, 1.82) is 0 Å². The Labute approximate surface area is 171 Å². The van der Waals surface area contributed by atoms with Crippen LogP contribution >= 0.6 is 0 Å². The summed E-state index contributed by atoms with van der Waals surface area (Å²) < 4.78 is 5.92. The molecule has 2 aromatic carbocycles. The molecule has 1 fully saturated rings. The Morgan fingerprint density at radius 1 is 1.07 bits per heavy atom. The molecule has 1 saturated carbocycles. The maximum Gasteiger partial charge on any atom is 0.177 e. The quantitative estimate of drug-likeness (QED) is 0.405. The monoisotopic (exact) mass is 392 g/mol. The molecule has 2 aliphatic rings. The number of Topliss-reactive ketones (excluding diaryl/α,β-unsaturated/α-hetero) is 1. The summed E-state index contributed by atoms with van der Waals surface area (Å²) in [6.45, 7) is 0.573. The van der Waals surface area contributed by atoms with Crippen molar-refractivity contribution in [3.8, 4) is 11.5 Å². The van der Waals surface area contributed by atoms with Gasteiger partial charge in [-0.05, 0) is 61.1 Å². The van der Waals surface area contributed by atoms with Crippen LogP contribution in [0.5, 0.6) is 11.5 Å². The fourth-order valence-electron chi connectivity index (χ4n) is 5.03. The van der Waals surface area contributed by atoms with Gasteiger partial charge in [-0.3, -0.25) is 4.79 Å². The predicted octanol–water partition coefficient (Wildman–Crippen LogP) is 5.08. The second kappa shape index (κ2) is 8.81. The van der Waals surface area contributed by atoms with Crippen LogP contribution in [-0.2, 0) is 11.2 Å². The third-order valence-electron chi connectivity index (χ3n) is 6.47. The van der Waals surface area contributed by atoms with Gasteiger partial charge in [0.2, 0.25) is 0 Å². The van der Waals surface area contributed by atoms with Gasteiger partial charge in [-0.15, -0.1) is 0 Å². The Kier molecular flexibility index (Phi) is 5.98. The third-order valence-corrected chi connectivity index (χ3v) is 6.47. The van der Waals surface area contributed by atoms with Gasteiger partial charge < -0.3 is 14.6 Å². The third kappa shape index (κ3) is 4.07. The average molecular weight is 392 g/mol. The highest BCUT2D eigenvalue weighted by atomic mass is 16.5. The maximum absolute atomic E-state index is 12.8. The lowest BCUT2D eigenvalue weighted by molar-refractivity contribution is -0.111. The number of carbonyl (C=O) groups excluding carboxylic acids is 2. The van der Waals surface area contributed by atoms with Crippen molar-refractivity contribution >= 4 is 12.1 Å². The van der Waals surface area contributed by atoms with Crippen LogP contribution in [0, 0.1) is 11.8 Å². The highest BCUT2D eigenvalue weighted by Gasteiger charge is 2.44. The number of unbranched alkanes of at least 4 members (excludes halogenated alkanes) is 1. The van der Waals surface area contributed by atoms with E-state index in [4.69, 9.17) is 4.74 Å². The highest BCUT2D eigenvalue weighted by Crippen LogP contribution is 2.50. The van der Waals surface area contributed by atoms with E-state index >= 15 is 0 Å². The molecule has 0 amide bonds. The van der Waals surface area contributed by atoms with Crippen LogP contribution in [0.15, 0.2) is 42.5 Å². The molecule has 0 spiro atoms. The zero-order chi connectivity index (χ0) is 20.2. The molecule has 0 bridgehead atoms. The van der Waals surface area contributed by atoms with Crippen LogP contribution in [0.4, 0.5) is 0 Å². The van der Waals surface area contributed by atoms with Gasteiger partial charge in [0, 0.05) is 6.07 Å². The van der Waals surface area contributed by atoms with Crippen molar-refractivity contribution in [2.75, 3.05) is 6.61 Å². The molecule has 0 saturated heterocycles. The van der Waals surface area contributed by atoms with E-state index < -0.39 is 5.92 Å². The van der Waals surface area contributed by atoms with Gasteiger partial charge >= 0.3 is 0 Å². The number of ketones is 1. The van der Waals surface area contributed by atoms with Gasteiger partial charge in [-0.1, -0.05) is 43.2 Å². The molecule has 4 nitrogen and oxygen atoms in total. The van der Waals surface area contributed by atoms with Crippen LogP contribution < -0.4 is 4.74 Å². The van der Waals surface area contributed by atoms with Crippen molar-refractivity contribution in [1.82, 2.24) is 0 Å². The number of hydrogen-bond donors (Lipinski definition) is 1. The summed E-state index contributed by atoms with van der Waals surface area (Å²) in [5.74, 6) is -0.0836. The molecule has 29 heavy (non-hydrogen) atoms. The number of aromatic hydroxyl groups is 1. The number of carbonyl (C=O) groups is 2. The van der Waals surface area contributed by atoms with Gasteiger partial charge in [-0.2, -0.15) is 0 Å². The van der Waals surface area contributed by atoms with E-state index in [1.807, 2.05) is 12.1 Å². The van der Waals surface area contributed by atoms with Crippen LogP contribution in [0.25, 0.3) is 0 Å². The van der Waals surface area contributed by atoms with E-state index in [0.29, 0.717) is 17.9 Å². The molecule has 2 aromatic rings. The molecule has 1 N–H and O–H groups in total. The number of benzene rings is 2. The summed E-state index contributed by atoms with van der Waals surface area (Å²) in [5.41, 5.74) is 2.53. The number of phenolic OH excluding ortho intramolecular Hbond substituents is 1. The number of aldehydes is 1. The molecule has 152 valence electrons. The molecular weight excluding hydrogens is 364 g/mol.